The van der Waals surface area contributed by atoms with Crippen LogP contribution in [0.15, 0.2) is 27.8 Å². The lowest BCUT2D eigenvalue weighted by molar-refractivity contribution is 0.184. The van der Waals surface area contributed by atoms with Crippen LogP contribution in [0.1, 0.15) is 22.4 Å². The highest BCUT2D eigenvalue weighted by Gasteiger charge is 2.11. The number of hydrogen-bond acceptors (Lipinski definition) is 6. The predicted molar refractivity (Wildman–Crippen MR) is 104 cm³/mol. The smallest absolute Gasteiger partial charge is 0.164 e. The van der Waals surface area contributed by atoms with E-state index in [2.05, 4.69) is 37.5 Å². The van der Waals surface area contributed by atoms with Crippen molar-refractivity contribution in [1.82, 2.24) is 4.98 Å². The summed E-state index contributed by atoms with van der Waals surface area (Å²) in [5.41, 5.74) is 5.19. The van der Waals surface area contributed by atoms with Crippen molar-refractivity contribution in [2.75, 3.05) is 12.5 Å². The molecule has 6 nitrogen and oxygen atoms in total. The zero-order chi connectivity index (χ0) is 17.7. The number of phenols is 1. The highest BCUT2D eigenvalue weighted by Crippen LogP contribution is 2.27. The molecule has 0 aliphatic heterocycles. The van der Waals surface area contributed by atoms with Crippen molar-refractivity contribution < 1.29 is 9.84 Å². The molecular formula is C16H14BrIN4O2. The number of hydrogen-bond donors (Lipinski definition) is 2. The maximum absolute atomic E-state index is 10.0. The Morgan fingerprint density at radius 1 is 1.50 bits per heavy atom. The summed E-state index contributed by atoms with van der Waals surface area (Å²) in [5.74, 6) is 0.493. The number of halogens is 2. The summed E-state index contributed by atoms with van der Waals surface area (Å²) in [6.07, 6.45) is 1.48. The van der Waals surface area contributed by atoms with Gasteiger partial charge in [0, 0.05) is 28.4 Å². The Hall–Kier alpha value is -1.70. The lowest BCUT2D eigenvalue weighted by Gasteiger charge is -2.09. The van der Waals surface area contributed by atoms with E-state index in [0.29, 0.717) is 27.1 Å². The molecule has 0 atom stereocenters. The number of ether oxygens (including phenoxy) is 1. The van der Waals surface area contributed by atoms with Crippen LogP contribution < -0.4 is 5.43 Å². The van der Waals surface area contributed by atoms with E-state index in [1.807, 2.05) is 29.5 Å². The SMILES string of the molecule is COCc1cc(C)nc(N/N=C/c2cc(Br)cc(I)c2O)c1C#N. The molecule has 0 saturated heterocycles. The second-order valence-electron chi connectivity index (χ2n) is 4.89. The molecule has 0 aliphatic carbocycles. The summed E-state index contributed by atoms with van der Waals surface area (Å²) >= 11 is 5.41. The topological polar surface area (TPSA) is 90.5 Å². The molecule has 0 fully saturated rings. The van der Waals surface area contributed by atoms with Gasteiger partial charge in [0.1, 0.15) is 17.4 Å². The van der Waals surface area contributed by atoms with Crippen LogP contribution in [-0.2, 0) is 11.3 Å². The molecule has 24 heavy (non-hydrogen) atoms. The quantitative estimate of drug-likeness (QED) is 0.369. The van der Waals surface area contributed by atoms with E-state index in [-0.39, 0.29) is 5.75 Å². The van der Waals surface area contributed by atoms with Crippen LogP contribution in [0.25, 0.3) is 0 Å². The molecule has 1 heterocycles. The minimum Gasteiger partial charge on any atom is -0.506 e. The van der Waals surface area contributed by atoms with Crippen LogP contribution in [-0.4, -0.2) is 23.4 Å². The lowest BCUT2D eigenvalue weighted by Crippen LogP contribution is -2.03. The van der Waals surface area contributed by atoms with Crippen molar-refractivity contribution in [2.24, 2.45) is 5.10 Å². The maximum atomic E-state index is 10.0. The zero-order valence-electron chi connectivity index (χ0n) is 13.0. The third-order valence-electron chi connectivity index (χ3n) is 3.07. The number of nitriles is 1. The summed E-state index contributed by atoms with van der Waals surface area (Å²) < 4.78 is 6.65. The van der Waals surface area contributed by atoms with Gasteiger partial charge in [-0.1, -0.05) is 15.9 Å². The van der Waals surface area contributed by atoms with Crippen LogP contribution in [0.2, 0.25) is 0 Å². The van der Waals surface area contributed by atoms with Gasteiger partial charge in [0.2, 0.25) is 0 Å². The van der Waals surface area contributed by atoms with Crippen LogP contribution in [0.3, 0.4) is 0 Å². The number of phenolic OH excluding ortho intramolecular Hbond substituents is 1. The molecule has 124 valence electrons. The van der Waals surface area contributed by atoms with Gasteiger partial charge >= 0.3 is 0 Å². The standard InChI is InChI=1S/C16H14BrIN4O2/c1-9-3-11(8-24-2)13(6-19)16(21-9)22-20-7-10-4-12(17)5-14(18)15(10)23/h3-5,7,23H,8H2,1-2H3,(H,21,22)/b20-7+. The van der Waals surface area contributed by atoms with Gasteiger partial charge in [-0.05, 0) is 47.7 Å². The van der Waals surface area contributed by atoms with Crippen molar-refractivity contribution >= 4 is 50.6 Å². The number of aromatic hydroxyl groups is 1. The summed E-state index contributed by atoms with van der Waals surface area (Å²) in [4.78, 5) is 4.30. The number of aryl methyl sites for hydroxylation is 1. The van der Waals surface area contributed by atoms with Crippen LogP contribution >= 0.6 is 38.5 Å². The second kappa shape index (κ2) is 8.41. The molecule has 0 radical (unpaired) electrons. The average Bonchev–Trinajstić information content (AvgIpc) is 2.52. The molecule has 0 saturated carbocycles. The number of rotatable bonds is 5. The van der Waals surface area contributed by atoms with Gasteiger partial charge in [-0.3, -0.25) is 5.43 Å². The van der Waals surface area contributed by atoms with Gasteiger partial charge in [0.25, 0.3) is 0 Å². The fraction of sp³-hybridized carbons (Fsp3) is 0.188. The van der Waals surface area contributed by atoms with Crippen molar-refractivity contribution in [1.29, 1.82) is 5.26 Å². The number of pyridine rings is 1. The predicted octanol–water partition coefficient (Wildman–Crippen LogP) is 3.93. The fourth-order valence-electron chi connectivity index (χ4n) is 2.06. The van der Waals surface area contributed by atoms with Crippen molar-refractivity contribution in [3.05, 3.63) is 48.6 Å². The molecule has 0 spiro atoms. The summed E-state index contributed by atoms with van der Waals surface area (Å²) in [6.45, 7) is 2.15. The molecule has 0 bridgehead atoms. The number of hydrazone groups is 1. The Kier molecular flexibility index (Phi) is 6.53. The molecule has 2 N–H and O–H groups in total. The van der Waals surface area contributed by atoms with E-state index in [0.717, 1.165) is 15.7 Å². The molecule has 2 aromatic rings. The van der Waals surface area contributed by atoms with Gasteiger partial charge in [0.05, 0.1) is 16.4 Å². The molecule has 1 aromatic heterocycles. The molecule has 0 aliphatic rings. The number of aromatic nitrogens is 1. The van der Waals surface area contributed by atoms with Crippen molar-refractivity contribution in [2.45, 2.75) is 13.5 Å². The maximum Gasteiger partial charge on any atom is 0.164 e. The highest BCUT2D eigenvalue weighted by atomic mass is 127. The average molecular weight is 501 g/mol. The molecule has 8 heteroatoms. The monoisotopic (exact) mass is 500 g/mol. The van der Waals surface area contributed by atoms with Gasteiger partial charge in [-0.15, -0.1) is 0 Å². The van der Waals surface area contributed by atoms with E-state index >= 15 is 0 Å². The number of nitrogens with zero attached hydrogens (tertiary/aromatic N) is 3. The minimum absolute atomic E-state index is 0.141. The second-order valence-corrected chi connectivity index (χ2v) is 6.96. The van der Waals surface area contributed by atoms with Gasteiger partial charge in [-0.2, -0.15) is 10.4 Å². The minimum atomic E-state index is 0.141. The van der Waals surface area contributed by atoms with Crippen LogP contribution in [0, 0.1) is 21.8 Å². The highest BCUT2D eigenvalue weighted by molar-refractivity contribution is 14.1. The van der Waals surface area contributed by atoms with Crippen molar-refractivity contribution in [3.8, 4) is 11.8 Å². The summed E-state index contributed by atoms with van der Waals surface area (Å²) in [7, 11) is 1.57. The molecular weight excluding hydrogens is 487 g/mol. The summed E-state index contributed by atoms with van der Waals surface area (Å²) in [5, 5.41) is 23.5. The molecule has 1 aromatic carbocycles. The van der Waals surface area contributed by atoms with E-state index in [9.17, 15) is 10.4 Å². The first-order chi connectivity index (χ1) is 11.5. The van der Waals surface area contributed by atoms with Gasteiger partial charge in [0.15, 0.2) is 5.82 Å². The fourth-order valence-corrected chi connectivity index (χ4v) is 3.61. The lowest BCUT2D eigenvalue weighted by atomic mass is 10.1. The largest absolute Gasteiger partial charge is 0.506 e. The number of nitrogens with one attached hydrogen (secondary N) is 1. The summed E-state index contributed by atoms with van der Waals surface area (Å²) in [6, 6.07) is 7.47. The van der Waals surface area contributed by atoms with E-state index in [4.69, 9.17) is 4.74 Å². The normalized spacial score (nSPS) is 10.8. The van der Waals surface area contributed by atoms with Crippen LogP contribution in [0.5, 0.6) is 5.75 Å². The zero-order valence-corrected chi connectivity index (χ0v) is 16.7. The van der Waals surface area contributed by atoms with E-state index < -0.39 is 0 Å². The Balaban J connectivity index is 2.31. The molecule has 0 amide bonds. The van der Waals surface area contributed by atoms with E-state index in [1.54, 1.807) is 25.3 Å². The first kappa shape index (κ1) is 18.6. The third kappa shape index (κ3) is 4.43. The molecule has 2 rings (SSSR count). The Bertz CT molecular complexity index is 834. The third-order valence-corrected chi connectivity index (χ3v) is 4.35. The Morgan fingerprint density at radius 3 is 2.92 bits per heavy atom. The number of benzene rings is 1. The first-order valence-corrected chi connectivity index (χ1v) is 8.70. The molecule has 0 unspecified atom stereocenters. The number of methoxy groups -OCH3 is 1. The first-order valence-electron chi connectivity index (χ1n) is 6.83. The van der Waals surface area contributed by atoms with Crippen LogP contribution in [0.4, 0.5) is 5.82 Å². The van der Waals surface area contributed by atoms with Crippen molar-refractivity contribution in [3.63, 3.8) is 0 Å². The Morgan fingerprint density at radius 2 is 2.25 bits per heavy atom. The van der Waals surface area contributed by atoms with Gasteiger partial charge < -0.3 is 9.84 Å². The van der Waals surface area contributed by atoms with Gasteiger partial charge in [-0.25, -0.2) is 4.98 Å². The van der Waals surface area contributed by atoms with E-state index in [1.165, 1.54) is 6.21 Å². The Labute approximate surface area is 161 Å². The number of anilines is 1.